The molecule has 0 radical (unpaired) electrons. The lowest BCUT2D eigenvalue weighted by Crippen LogP contribution is -2.35. The van der Waals surface area contributed by atoms with Gasteiger partial charge in [0, 0.05) is 38.0 Å². The molecule has 7 nitrogen and oxygen atoms in total. The minimum Gasteiger partial charge on any atom is -0.342 e. The first-order valence-corrected chi connectivity index (χ1v) is 9.33. The molecular weight excluding hydrogens is 368 g/mol. The Balaban J connectivity index is 1.46. The summed E-state index contributed by atoms with van der Waals surface area (Å²) in [5.74, 6) is -0.629. The largest absolute Gasteiger partial charge is 0.342 e. The Morgan fingerprint density at radius 2 is 1.86 bits per heavy atom. The van der Waals surface area contributed by atoms with Crippen molar-refractivity contribution in [2.45, 2.75) is 20.3 Å². The van der Waals surface area contributed by atoms with Crippen LogP contribution >= 0.6 is 0 Å². The Morgan fingerprint density at radius 3 is 2.46 bits per heavy atom. The first-order chi connectivity index (χ1) is 13.4. The van der Waals surface area contributed by atoms with Crippen LogP contribution in [-0.2, 0) is 6.42 Å². The molecule has 4 heterocycles. The number of rotatable bonds is 3. The van der Waals surface area contributed by atoms with Crippen molar-refractivity contribution in [2.24, 2.45) is 11.8 Å². The fourth-order valence-electron chi connectivity index (χ4n) is 4.03. The smallest absolute Gasteiger partial charge is 0.288 e. The molecule has 0 aliphatic carbocycles. The molecule has 0 aromatic carbocycles. The second kappa shape index (κ2) is 6.96. The highest BCUT2D eigenvalue weighted by Gasteiger charge is 2.42. The second-order valence-corrected chi connectivity index (χ2v) is 7.40. The molecule has 4 rings (SSSR count). The average molecular weight is 389 g/mol. The van der Waals surface area contributed by atoms with Gasteiger partial charge in [0.2, 0.25) is 11.8 Å². The summed E-state index contributed by atoms with van der Waals surface area (Å²) >= 11 is 0. The number of aryl methyl sites for hydroxylation is 2. The Morgan fingerprint density at radius 1 is 1.18 bits per heavy atom. The van der Waals surface area contributed by atoms with Crippen LogP contribution in [0.2, 0.25) is 0 Å². The summed E-state index contributed by atoms with van der Waals surface area (Å²) in [6.07, 6.45) is 0.343. The molecule has 2 aromatic rings. The zero-order chi connectivity index (χ0) is 20.0. The van der Waals surface area contributed by atoms with Crippen LogP contribution in [0.5, 0.6) is 0 Å². The quantitative estimate of drug-likeness (QED) is 0.861. The number of halogens is 2. The van der Waals surface area contributed by atoms with E-state index >= 15 is 0 Å². The molecule has 1 amide bonds. The number of pyridine rings is 1. The van der Waals surface area contributed by atoms with E-state index in [1.165, 1.54) is 19.1 Å². The third-order valence-corrected chi connectivity index (χ3v) is 5.57. The third-order valence-electron chi connectivity index (χ3n) is 5.57. The molecule has 2 fully saturated rings. The zero-order valence-electron chi connectivity index (χ0n) is 15.7. The summed E-state index contributed by atoms with van der Waals surface area (Å²) in [4.78, 5) is 39.0. The van der Waals surface area contributed by atoms with E-state index in [0.29, 0.717) is 38.5 Å². The number of aromatic nitrogens is 3. The lowest BCUT2D eigenvalue weighted by atomic mass is 10.0. The number of amides is 1. The van der Waals surface area contributed by atoms with Gasteiger partial charge < -0.3 is 9.80 Å². The topological polar surface area (TPSA) is 82.2 Å². The monoisotopic (exact) mass is 389 g/mol. The third kappa shape index (κ3) is 3.14. The number of hydrogen-bond donors (Lipinski definition) is 1. The van der Waals surface area contributed by atoms with Crippen molar-refractivity contribution in [3.8, 4) is 0 Å². The van der Waals surface area contributed by atoms with Gasteiger partial charge >= 0.3 is 0 Å². The summed E-state index contributed by atoms with van der Waals surface area (Å²) in [5.41, 5.74) is -0.152. The fourth-order valence-corrected chi connectivity index (χ4v) is 4.03. The van der Waals surface area contributed by atoms with Crippen molar-refractivity contribution in [3.05, 3.63) is 51.2 Å². The SMILES string of the molecule is CCc1nc(N2CC3CN(C(=O)c4ccc(F)c(C)n4)CC3C2)[nH]c(=O)c1F. The predicted octanol–water partition coefficient (Wildman–Crippen LogP) is 1.52. The van der Waals surface area contributed by atoms with E-state index < -0.39 is 17.2 Å². The predicted molar refractivity (Wildman–Crippen MR) is 98.2 cm³/mol. The first kappa shape index (κ1) is 18.5. The van der Waals surface area contributed by atoms with E-state index in [9.17, 15) is 18.4 Å². The van der Waals surface area contributed by atoms with Crippen LogP contribution in [0.25, 0.3) is 0 Å². The number of nitrogens with one attached hydrogen (secondary N) is 1. The van der Waals surface area contributed by atoms with Crippen molar-refractivity contribution in [3.63, 3.8) is 0 Å². The number of nitrogens with zero attached hydrogens (tertiary/aromatic N) is 4. The molecule has 0 saturated carbocycles. The summed E-state index contributed by atoms with van der Waals surface area (Å²) < 4.78 is 27.1. The van der Waals surface area contributed by atoms with Crippen molar-refractivity contribution in [2.75, 3.05) is 31.1 Å². The van der Waals surface area contributed by atoms with E-state index in [0.717, 1.165) is 0 Å². The number of likely N-dealkylation sites (tertiary alicyclic amines) is 1. The molecule has 0 bridgehead atoms. The second-order valence-electron chi connectivity index (χ2n) is 7.40. The highest BCUT2D eigenvalue weighted by atomic mass is 19.1. The first-order valence-electron chi connectivity index (χ1n) is 9.33. The van der Waals surface area contributed by atoms with Gasteiger partial charge in [0.15, 0.2) is 0 Å². The standard InChI is InChI=1S/C19H21F2N5O2/c1-3-14-16(21)17(27)24-19(23-14)26-8-11-6-25(7-12(11)9-26)18(28)15-5-4-13(20)10(2)22-15/h4-5,11-12H,3,6-9H2,1-2H3,(H,23,24,27). The van der Waals surface area contributed by atoms with Crippen molar-refractivity contribution < 1.29 is 13.6 Å². The summed E-state index contributed by atoms with van der Waals surface area (Å²) in [7, 11) is 0. The van der Waals surface area contributed by atoms with Gasteiger partial charge in [-0.3, -0.25) is 14.6 Å². The molecule has 2 saturated heterocycles. The highest BCUT2D eigenvalue weighted by molar-refractivity contribution is 5.92. The molecular formula is C19H21F2N5O2. The van der Waals surface area contributed by atoms with Gasteiger partial charge in [0.05, 0.1) is 11.4 Å². The van der Waals surface area contributed by atoms with Crippen LogP contribution in [-0.4, -0.2) is 51.9 Å². The Labute approximate surface area is 160 Å². The number of H-pyrrole nitrogens is 1. The Hall–Kier alpha value is -2.84. The minimum absolute atomic E-state index is 0.158. The van der Waals surface area contributed by atoms with Gasteiger partial charge in [-0.25, -0.2) is 14.4 Å². The van der Waals surface area contributed by atoms with E-state index in [4.69, 9.17) is 0 Å². The van der Waals surface area contributed by atoms with Gasteiger partial charge in [-0.1, -0.05) is 6.92 Å². The molecule has 2 atom stereocenters. The Bertz CT molecular complexity index is 979. The number of carbonyl (C=O) groups excluding carboxylic acids is 1. The van der Waals surface area contributed by atoms with Crippen LogP contribution in [0, 0.1) is 30.4 Å². The van der Waals surface area contributed by atoms with Crippen LogP contribution in [0.3, 0.4) is 0 Å². The lowest BCUT2D eigenvalue weighted by molar-refractivity contribution is 0.0776. The van der Waals surface area contributed by atoms with Crippen LogP contribution in [0.4, 0.5) is 14.7 Å². The highest BCUT2D eigenvalue weighted by Crippen LogP contribution is 2.33. The van der Waals surface area contributed by atoms with E-state index in [1.54, 1.807) is 11.8 Å². The molecule has 0 spiro atoms. The number of hydrogen-bond acceptors (Lipinski definition) is 5. The summed E-state index contributed by atoms with van der Waals surface area (Å²) in [6, 6.07) is 2.67. The van der Waals surface area contributed by atoms with Crippen molar-refractivity contribution >= 4 is 11.9 Å². The average Bonchev–Trinajstić information content (AvgIpc) is 3.24. The maximum atomic E-state index is 13.8. The van der Waals surface area contributed by atoms with Gasteiger partial charge in [-0.05, 0) is 25.5 Å². The zero-order valence-corrected chi connectivity index (χ0v) is 15.7. The van der Waals surface area contributed by atoms with E-state index in [2.05, 4.69) is 15.0 Å². The van der Waals surface area contributed by atoms with Crippen molar-refractivity contribution in [1.82, 2.24) is 19.9 Å². The maximum Gasteiger partial charge on any atom is 0.288 e. The lowest BCUT2D eigenvalue weighted by Gasteiger charge is -2.22. The number of aromatic amines is 1. The van der Waals surface area contributed by atoms with Gasteiger partial charge in [-0.2, -0.15) is 4.39 Å². The molecule has 2 unspecified atom stereocenters. The number of fused-ring (bicyclic) bond motifs is 1. The maximum absolute atomic E-state index is 13.8. The number of anilines is 1. The summed E-state index contributed by atoms with van der Waals surface area (Å²) in [5, 5.41) is 0. The molecule has 2 aromatic heterocycles. The van der Waals surface area contributed by atoms with Crippen molar-refractivity contribution in [1.29, 1.82) is 0 Å². The van der Waals surface area contributed by atoms with E-state index in [-0.39, 0.29) is 34.8 Å². The molecule has 2 aliphatic heterocycles. The van der Waals surface area contributed by atoms with Gasteiger partial charge in [0.25, 0.3) is 11.5 Å². The minimum atomic E-state index is -0.829. The van der Waals surface area contributed by atoms with Crippen LogP contribution < -0.4 is 10.5 Å². The molecule has 28 heavy (non-hydrogen) atoms. The molecule has 9 heteroatoms. The number of carbonyl (C=O) groups is 1. The normalized spacial score (nSPS) is 21.3. The molecule has 148 valence electrons. The Kier molecular flexibility index (Phi) is 4.60. The molecule has 1 N–H and O–H groups in total. The fraction of sp³-hybridized carbons (Fsp3) is 0.474. The summed E-state index contributed by atoms with van der Waals surface area (Å²) in [6.45, 7) is 5.66. The van der Waals surface area contributed by atoms with Crippen LogP contribution in [0.15, 0.2) is 16.9 Å². The van der Waals surface area contributed by atoms with Gasteiger partial charge in [0.1, 0.15) is 11.5 Å². The van der Waals surface area contributed by atoms with Gasteiger partial charge in [-0.15, -0.1) is 0 Å². The van der Waals surface area contributed by atoms with E-state index in [1.807, 2.05) is 4.90 Å². The molecule has 2 aliphatic rings. The van der Waals surface area contributed by atoms with Crippen LogP contribution in [0.1, 0.15) is 28.8 Å².